The van der Waals surface area contributed by atoms with Crippen molar-refractivity contribution < 1.29 is 22.7 Å². The van der Waals surface area contributed by atoms with Gasteiger partial charge in [-0.3, -0.25) is 10.1 Å². The van der Waals surface area contributed by atoms with Crippen molar-refractivity contribution in [3.05, 3.63) is 84.4 Å². The van der Waals surface area contributed by atoms with Crippen LogP contribution in [0.4, 0.5) is 5.69 Å². The number of hydrogen-bond acceptors (Lipinski definition) is 6. The maximum atomic E-state index is 12.7. The molecular formula is C28H31N3O5S2. The minimum absolute atomic E-state index is 0.0105. The third kappa shape index (κ3) is 8.27. The fourth-order valence-corrected chi connectivity index (χ4v) is 5.62. The zero-order valence-corrected chi connectivity index (χ0v) is 22.5. The quantitative estimate of drug-likeness (QED) is 0.243. The van der Waals surface area contributed by atoms with Gasteiger partial charge >= 0.3 is 0 Å². The molecule has 8 nitrogen and oxygen atoms in total. The Balaban J connectivity index is 1.21. The Hall–Kier alpha value is -3.47. The van der Waals surface area contributed by atoms with Crippen LogP contribution in [-0.2, 0) is 10.0 Å². The molecule has 1 amide bonds. The van der Waals surface area contributed by atoms with Crippen LogP contribution < -0.4 is 24.8 Å². The molecule has 3 aromatic carbocycles. The number of benzene rings is 3. The van der Waals surface area contributed by atoms with Gasteiger partial charge in [-0.25, -0.2) is 13.1 Å². The van der Waals surface area contributed by atoms with E-state index in [9.17, 15) is 13.2 Å². The molecule has 0 heterocycles. The predicted octanol–water partition coefficient (Wildman–Crippen LogP) is 4.88. The van der Waals surface area contributed by atoms with E-state index in [-0.39, 0.29) is 22.0 Å². The van der Waals surface area contributed by atoms with Crippen LogP contribution in [0, 0.1) is 0 Å². The van der Waals surface area contributed by atoms with E-state index in [0.29, 0.717) is 30.2 Å². The summed E-state index contributed by atoms with van der Waals surface area (Å²) in [6.07, 6.45) is 4.97. The number of rotatable bonds is 10. The molecule has 3 N–H and O–H groups in total. The molecule has 1 saturated carbocycles. The Morgan fingerprint density at radius 2 is 1.42 bits per heavy atom. The van der Waals surface area contributed by atoms with Crippen LogP contribution in [0.5, 0.6) is 11.5 Å². The van der Waals surface area contributed by atoms with Gasteiger partial charge in [-0.05, 0) is 85.7 Å². The van der Waals surface area contributed by atoms with Gasteiger partial charge in [0, 0.05) is 17.3 Å². The van der Waals surface area contributed by atoms with Crippen molar-refractivity contribution >= 4 is 38.9 Å². The largest absolute Gasteiger partial charge is 0.490 e. The topological polar surface area (TPSA) is 106 Å². The van der Waals surface area contributed by atoms with E-state index in [1.54, 1.807) is 36.4 Å². The number of amides is 1. The first-order chi connectivity index (χ1) is 18.4. The van der Waals surface area contributed by atoms with Gasteiger partial charge in [-0.2, -0.15) is 0 Å². The molecular weight excluding hydrogens is 522 g/mol. The van der Waals surface area contributed by atoms with Gasteiger partial charge < -0.3 is 14.8 Å². The molecule has 0 atom stereocenters. The molecule has 4 rings (SSSR count). The number of sulfonamides is 1. The second-order valence-corrected chi connectivity index (χ2v) is 11.0. The lowest BCUT2D eigenvalue weighted by Gasteiger charge is -2.22. The Morgan fingerprint density at radius 1 is 0.816 bits per heavy atom. The summed E-state index contributed by atoms with van der Waals surface area (Å²) in [5.41, 5.74) is 0.977. The zero-order valence-electron chi connectivity index (χ0n) is 20.9. The van der Waals surface area contributed by atoms with Crippen LogP contribution >= 0.6 is 12.2 Å². The molecule has 1 aliphatic carbocycles. The van der Waals surface area contributed by atoms with Gasteiger partial charge in [0.2, 0.25) is 10.0 Å². The zero-order chi connectivity index (χ0) is 26.8. The highest BCUT2D eigenvalue weighted by molar-refractivity contribution is 7.89. The fourth-order valence-electron chi connectivity index (χ4n) is 4.10. The molecule has 0 unspecified atom stereocenters. The summed E-state index contributed by atoms with van der Waals surface area (Å²) in [5.74, 6) is 1.02. The standard InChI is InChI=1S/C28H31N3O5S2/c32-27(21-11-15-25(16-12-21)36-20-19-35-24-9-5-2-6-10-24)30-28(37)29-22-13-17-26(18-14-22)38(33,34)31-23-7-3-1-4-8-23/h2,5-6,9-18,23,31H,1,3-4,7-8,19-20H2,(H2,29,30,32,37). The number of hydrogen-bond donors (Lipinski definition) is 3. The summed E-state index contributed by atoms with van der Waals surface area (Å²) in [4.78, 5) is 12.8. The number of para-hydroxylation sites is 1. The van der Waals surface area contributed by atoms with Crippen molar-refractivity contribution in [1.29, 1.82) is 0 Å². The molecule has 0 spiro atoms. The molecule has 0 bridgehead atoms. The molecule has 38 heavy (non-hydrogen) atoms. The van der Waals surface area contributed by atoms with Crippen molar-refractivity contribution in [1.82, 2.24) is 10.0 Å². The summed E-state index contributed by atoms with van der Waals surface area (Å²) in [6.45, 7) is 0.765. The van der Waals surface area contributed by atoms with Crippen molar-refractivity contribution in [3.63, 3.8) is 0 Å². The van der Waals surface area contributed by atoms with Crippen molar-refractivity contribution in [3.8, 4) is 11.5 Å². The number of anilines is 1. The maximum Gasteiger partial charge on any atom is 0.257 e. The lowest BCUT2D eigenvalue weighted by molar-refractivity contribution is 0.0977. The third-order valence-corrected chi connectivity index (χ3v) is 7.80. The Kier molecular flexibility index (Phi) is 9.69. The molecule has 1 aliphatic rings. The van der Waals surface area contributed by atoms with E-state index in [0.717, 1.165) is 37.9 Å². The molecule has 0 saturated heterocycles. The van der Waals surface area contributed by atoms with Crippen molar-refractivity contribution in [2.24, 2.45) is 0 Å². The first kappa shape index (κ1) is 27.6. The van der Waals surface area contributed by atoms with Crippen LogP contribution in [-0.4, -0.2) is 38.7 Å². The number of carbonyl (C=O) groups is 1. The normalized spacial score (nSPS) is 13.9. The average molecular weight is 554 g/mol. The second-order valence-electron chi connectivity index (χ2n) is 8.92. The van der Waals surface area contributed by atoms with Gasteiger partial charge in [0.1, 0.15) is 24.7 Å². The van der Waals surface area contributed by atoms with E-state index in [4.69, 9.17) is 21.7 Å². The highest BCUT2D eigenvalue weighted by atomic mass is 32.2. The Bertz CT molecular complexity index is 1310. The van der Waals surface area contributed by atoms with Crippen LogP contribution in [0.15, 0.2) is 83.8 Å². The molecule has 0 aliphatic heterocycles. The van der Waals surface area contributed by atoms with Gasteiger partial charge in [-0.15, -0.1) is 0 Å². The van der Waals surface area contributed by atoms with Crippen LogP contribution in [0.1, 0.15) is 42.5 Å². The van der Waals surface area contributed by atoms with E-state index in [1.165, 1.54) is 12.1 Å². The maximum absolute atomic E-state index is 12.7. The monoisotopic (exact) mass is 553 g/mol. The minimum atomic E-state index is -3.58. The predicted molar refractivity (Wildman–Crippen MR) is 151 cm³/mol. The van der Waals surface area contributed by atoms with Gasteiger partial charge in [0.05, 0.1) is 4.90 Å². The van der Waals surface area contributed by atoms with Crippen molar-refractivity contribution in [2.45, 2.75) is 43.0 Å². The van der Waals surface area contributed by atoms with E-state index in [1.807, 2.05) is 30.3 Å². The lowest BCUT2D eigenvalue weighted by atomic mass is 9.96. The summed E-state index contributed by atoms with van der Waals surface area (Å²) < 4.78 is 39.4. The van der Waals surface area contributed by atoms with Gasteiger partial charge in [0.25, 0.3) is 5.91 Å². The highest BCUT2D eigenvalue weighted by Gasteiger charge is 2.21. The highest BCUT2D eigenvalue weighted by Crippen LogP contribution is 2.21. The molecule has 0 radical (unpaired) electrons. The summed E-state index contributed by atoms with van der Waals surface area (Å²) >= 11 is 5.25. The van der Waals surface area contributed by atoms with Gasteiger partial charge in [-0.1, -0.05) is 37.5 Å². The van der Waals surface area contributed by atoms with Gasteiger partial charge in [0.15, 0.2) is 5.11 Å². The van der Waals surface area contributed by atoms with E-state index < -0.39 is 10.0 Å². The average Bonchev–Trinajstić information content (AvgIpc) is 2.92. The Morgan fingerprint density at radius 3 is 2.05 bits per heavy atom. The summed E-state index contributed by atoms with van der Waals surface area (Å²) in [6, 6.07) is 22.4. The number of thiocarbonyl (C=S) groups is 1. The fraction of sp³-hybridized carbons (Fsp3) is 0.286. The third-order valence-electron chi connectivity index (χ3n) is 6.06. The minimum Gasteiger partial charge on any atom is -0.490 e. The lowest BCUT2D eigenvalue weighted by Crippen LogP contribution is -2.36. The Labute approximate surface area is 228 Å². The number of ether oxygens (including phenoxy) is 2. The number of carbonyl (C=O) groups excluding carboxylic acids is 1. The SMILES string of the molecule is O=C(NC(=S)Nc1ccc(S(=O)(=O)NC2CCCCC2)cc1)c1ccc(OCCOc2ccccc2)cc1. The van der Waals surface area contributed by atoms with Crippen LogP contribution in [0.3, 0.4) is 0 Å². The molecule has 1 fully saturated rings. The second kappa shape index (κ2) is 13.4. The molecule has 0 aromatic heterocycles. The number of nitrogens with one attached hydrogen (secondary N) is 3. The van der Waals surface area contributed by atoms with Crippen molar-refractivity contribution in [2.75, 3.05) is 18.5 Å². The first-order valence-electron chi connectivity index (χ1n) is 12.5. The molecule has 200 valence electrons. The first-order valence-corrected chi connectivity index (χ1v) is 14.4. The summed E-state index contributed by atoms with van der Waals surface area (Å²) in [7, 11) is -3.58. The van der Waals surface area contributed by atoms with Crippen LogP contribution in [0.25, 0.3) is 0 Å². The smallest absolute Gasteiger partial charge is 0.257 e. The van der Waals surface area contributed by atoms with E-state index in [2.05, 4.69) is 15.4 Å². The van der Waals surface area contributed by atoms with E-state index >= 15 is 0 Å². The molecule has 10 heteroatoms. The van der Waals surface area contributed by atoms with Crippen LogP contribution in [0.2, 0.25) is 0 Å². The molecule has 3 aromatic rings. The summed E-state index contributed by atoms with van der Waals surface area (Å²) in [5, 5.41) is 5.63.